The number of hydrogen-bond acceptors (Lipinski definition) is 0. The zero-order chi connectivity index (χ0) is 28.1. The van der Waals surface area contributed by atoms with Gasteiger partial charge in [0.25, 0.3) is 0 Å². The van der Waals surface area contributed by atoms with Crippen molar-refractivity contribution in [3.8, 4) is 0 Å². The molecule has 1 unspecified atom stereocenters. The van der Waals surface area contributed by atoms with Gasteiger partial charge in [-0.25, -0.2) is 0 Å². The lowest BCUT2D eigenvalue weighted by molar-refractivity contribution is 0.194. The highest BCUT2D eigenvalue weighted by Gasteiger charge is 2.45. The molecule has 4 bridgehead atoms. The smallest absolute Gasteiger partial charge is 0.0739 e. The quantitative estimate of drug-likeness (QED) is 0.255. The molecule has 0 nitrogen and oxygen atoms in total. The largest absolute Gasteiger partial charge is 0.149 e. The molecule has 0 aromatic rings. The summed E-state index contributed by atoms with van der Waals surface area (Å²) in [6.07, 6.45) is 47.0. The van der Waals surface area contributed by atoms with Crippen LogP contribution in [0.3, 0.4) is 0 Å². The van der Waals surface area contributed by atoms with E-state index in [2.05, 4.69) is 0 Å². The van der Waals surface area contributed by atoms with Crippen molar-refractivity contribution in [1.29, 1.82) is 0 Å². The molecule has 10 heterocycles. The maximum Gasteiger partial charge on any atom is 0.149 e. The Morgan fingerprint density at radius 3 is 1.00 bits per heavy atom. The molecule has 42 heavy (non-hydrogen) atoms. The van der Waals surface area contributed by atoms with Gasteiger partial charge in [-0.15, -0.1) is 0 Å². The lowest BCUT2D eigenvalue weighted by Gasteiger charge is -2.48. The van der Waals surface area contributed by atoms with Gasteiger partial charge in [-0.1, -0.05) is 202 Å². The summed E-state index contributed by atoms with van der Waals surface area (Å²) in [4.78, 5) is 0. The van der Waals surface area contributed by atoms with Crippen molar-refractivity contribution in [3.63, 3.8) is 0 Å². The maximum absolute atomic E-state index is 1.60. The van der Waals surface area contributed by atoms with E-state index in [-0.39, 0.29) is 0 Å². The SMILES string of the molecule is C1B2CC3CC1CC(C2)C3.C1CC2CCCC3CCCC(C1)B23.C1CCC2CCCB2C1.C1CCC2CCCCB2C1. The van der Waals surface area contributed by atoms with Crippen LogP contribution in [0, 0.1) is 17.8 Å². The Balaban J connectivity index is 0.0000000923. The fraction of sp³-hybridized carbons (Fsp3) is 1.00. The Labute approximate surface area is 264 Å². The first kappa shape index (κ1) is 30.9. The predicted molar refractivity (Wildman–Crippen MR) is 192 cm³/mol. The molecular weight excluding hydrogens is 500 g/mol. The van der Waals surface area contributed by atoms with Crippen LogP contribution in [0.15, 0.2) is 0 Å². The molecule has 0 radical (unpaired) electrons. The van der Waals surface area contributed by atoms with Gasteiger partial charge in [0, 0.05) is 0 Å². The summed E-state index contributed by atoms with van der Waals surface area (Å²) in [6.45, 7) is 4.69. The van der Waals surface area contributed by atoms with E-state index in [0.29, 0.717) is 0 Å². The standard InChI is InChI=1S/C12H21B.C9H15B.C9H17B.C8H15B/c1-4-10-6-2-8-12-9-3-7-11(5-1)13(10)12;1-7-2-9-3-8(1)5-10(4-7)6-9;1-3-7-10-8-4-2-6-9(10)5-1;1-2-6-9-7-3-5-8(9)4-1/h10-12H,1-9H2;7-9H,1-6H2;9H,1-8H2;8H,1-7H2. The van der Waals surface area contributed by atoms with E-state index in [4.69, 9.17) is 0 Å². The molecule has 11 aliphatic rings. The summed E-state index contributed by atoms with van der Waals surface area (Å²) in [5.74, 6) is 9.35. The van der Waals surface area contributed by atoms with Gasteiger partial charge in [0.15, 0.2) is 0 Å². The van der Waals surface area contributed by atoms with Crippen molar-refractivity contribution in [1.82, 2.24) is 0 Å². The van der Waals surface area contributed by atoms with Crippen LogP contribution in [0.4, 0.5) is 0 Å². The summed E-state index contributed by atoms with van der Waals surface area (Å²) in [6, 6.07) is 0. The Kier molecular flexibility index (Phi) is 11.2. The van der Waals surface area contributed by atoms with Gasteiger partial charge in [-0.2, -0.15) is 0 Å². The van der Waals surface area contributed by atoms with Crippen molar-refractivity contribution in [2.45, 2.75) is 221 Å². The van der Waals surface area contributed by atoms with E-state index in [9.17, 15) is 0 Å². The zero-order valence-electron chi connectivity index (χ0n) is 28.1. The van der Waals surface area contributed by atoms with Crippen LogP contribution in [0.25, 0.3) is 0 Å². The molecule has 1 aliphatic carbocycles. The maximum atomic E-state index is 1.60. The molecule has 0 aromatic heterocycles. The van der Waals surface area contributed by atoms with Crippen molar-refractivity contribution in [2.75, 3.05) is 0 Å². The predicted octanol–water partition coefficient (Wildman–Crippen LogP) is 12.7. The highest BCUT2D eigenvalue weighted by Crippen LogP contribution is 2.55. The highest BCUT2D eigenvalue weighted by molar-refractivity contribution is 6.64. The Hall–Kier alpha value is 0.260. The van der Waals surface area contributed by atoms with E-state index in [1.807, 2.05) is 0 Å². The average Bonchev–Trinajstić information content (AvgIpc) is 3.51. The number of rotatable bonds is 0. The van der Waals surface area contributed by atoms with Crippen LogP contribution in [-0.2, 0) is 0 Å². The van der Waals surface area contributed by atoms with Gasteiger partial charge in [0.05, 0.1) is 0 Å². The van der Waals surface area contributed by atoms with Crippen LogP contribution in [0.1, 0.15) is 148 Å². The van der Waals surface area contributed by atoms with Gasteiger partial charge in [0.2, 0.25) is 0 Å². The van der Waals surface area contributed by atoms with Gasteiger partial charge in [-0.3, -0.25) is 0 Å². The minimum Gasteiger partial charge on any atom is -0.0739 e. The van der Waals surface area contributed by atoms with E-state index in [0.717, 1.165) is 30.0 Å². The Morgan fingerprint density at radius 1 is 0.310 bits per heavy atom. The van der Waals surface area contributed by atoms with Crippen molar-refractivity contribution in [2.24, 2.45) is 17.8 Å². The molecule has 11 fully saturated rings. The minimum absolute atomic E-state index is 1.16. The first-order valence-electron chi connectivity index (χ1n) is 20.8. The van der Waals surface area contributed by atoms with Crippen molar-refractivity contribution in [3.05, 3.63) is 0 Å². The third kappa shape index (κ3) is 7.79. The minimum atomic E-state index is 1.16. The number of fused-ring (bicyclic) bond motifs is 2. The Bertz CT molecular complexity index is 675. The molecule has 0 aromatic carbocycles. The topological polar surface area (TPSA) is 0 Å². The molecular formula is C38H68B4. The molecule has 4 heteroatoms. The first-order chi connectivity index (χ1) is 20.8. The summed E-state index contributed by atoms with van der Waals surface area (Å²) >= 11 is 0. The molecule has 0 spiro atoms. The van der Waals surface area contributed by atoms with Gasteiger partial charge in [-0.05, 0) is 37.0 Å². The highest BCUT2D eigenvalue weighted by atomic mass is 14.4. The molecule has 10 saturated heterocycles. The van der Waals surface area contributed by atoms with Crippen LogP contribution in [-0.4, -0.2) is 26.9 Å². The molecule has 0 N–H and O–H groups in total. The summed E-state index contributed by atoms with van der Waals surface area (Å²) < 4.78 is 0. The van der Waals surface area contributed by atoms with Gasteiger partial charge >= 0.3 is 0 Å². The van der Waals surface area contributed by atoms with Crippen LogP contribution >= 0.6 is 0 Å². The zero-order valence-corrected chi connectivity index (χ0v) is 28.1. The van der Waals surface area contributed by atoms with E-state index < -0.39 is 0 Å². The lowest BCUT2D eigenvalue weighted by Crippen LogP contribution is -2.42. The molecule has 1 atom stereocenters. The first-order valence-corrected chi connectivity index (χ1v) is 20.8. The van der Waals surface area contributed by atoms with Crippen LogP contribution < -0.4 is 0 Å². The van der Waals surface area contributed by atoms with Crippen LogP contribution in [0.2, 0.25) is 73.3 Å². The molecule has 0 amide bonds. The fourth-order valence-electron chi connectivity index (χ4n) is 14.2. The van der Waals surface area contributed by atoms with Gasteiger partial charge < -0.3 is 0 Å². The third-order valence-electron chi connectivity index (χ3n) is 15.8. The second kappa shape index (κ2) is 15.2. The third-order valence-corrected chi connectivity index (χ3v) is 15.8. The lowest BCUT2D eigenvalue weighted by atomic mass is 9.20. The monoisotopic (exact) mass is 569 g/mol. The molecule has 1 saturated carbocycles. The summed E-state index contributed by atoms with van der Waals surface area (Å²) in [5.41, 5.74) is 0. The summed E-state index contributed by atoms with van der Waals surface area (Å²) in [5, 5.41) is 0. The van der Waals surface area contributed by atoms with E-state index >= 15 is 0 Å². The normalized spacial score (nSPS) is 39.9. The Morgan fingerprint density at radius 2 is 0.643 bits per heavy atom. The van der Waals surface area contributed by atoms with Crippen LogP contribution in [0.5, 0.6) is 0 Å². The van der Waals surface area contributed by atoms with E-state index in [1.165, 1.54) is 88.7 Å². The van der Waals surface area contributed by atoms with E-state index in [1.54, 1.807) is 147 Å². The molecule has 10 aliphatic heterocycles. The van der Waals surface area contributed by atoms with Crippen molar-refractivity contribution >= 4 is 26.9 Å². The van der Waals surface area contributed by atoms with Gasteiger partial charge in [0.1, 0.15) is 26.9 Å². The average molecular weight is 568 g/mol. The summed E-state index contributed by atoms with van der Waals surface area (Å²) in [7, 11) is 0. The second-order valence-corrected chi connectivity index (χ2v) is 18.4. The molecule has 11 rings (SSSR count). The van der Waals surface area contributed by atoms with Crippen molar-refractivity contribution < 1.29 is 0 Å². The second-order valence-electron chi connectivity index (χ2n) is 18.4. The fourth-order valence-corrected chi connectivity index (χ4v) is 14.2. The molecule has 232 valence electrons. The number of hydrogen-bond donors (Lipinski definition) is 0.